The highest BCUT2D eigenvalue weighted by atomic mass is 16.5. The fourth-order valence-electron chi connectivity index (χ4n) is 3.66. The van der Waals surface area contributed by atoms with Crippen LogP contribution >= 0.6 is 0 Å². The first-order chi connectivity index (χ1) is 13.3. The third-order valence-electron chi connectivity index (χ3n) is 5.21. The Labute approximate surface area is 161 Å². The molecule has 1 aliphatic heterocycles. The maximum atomic E-state index is 6.02. The normalized spacial score (nSPS) is 15.7. The van der Waals surface area contributed by atoms with Gasteiger partial charge in [0.05, 0.1) is 0 Å². The topological polar surface area (TPSA) is 47.3 Å². The van der Waals surface area contributed by atoms with E-state index >= 15 is 0 Å². The molecule has 0 spiro atoms. The zero-order valence-electron chi connectivity index (χ0n) is 15.5. The zero-order chi connectivity index (χ0) is 18.5. The molecule has 0 saturated heterocycles. The molecule has 3 heteroatoms. The number of anilines is 1. The van der Waals surface area contributed by atoms with Gasteiger partial charge in [0.25, 0.3) is 0 Å². The number of nitrogens with two attached hydrogens (primary N) is 1. The van der Waals surface area contributed by atoms with E-state index in [1.807, 2.05) is 6.07 Å². The number of rotatable bonds is 6. The second-order valence-corrected chi connectivity index (χ2v) is 7.20. The number of ether oxygens (including phenoxy) is 1. The van der Waals surface area contributed by atoms with Crippen LogP contribution in [0.15, 0.2) is 72.8 Å². The first-order valence-corrected chi connectivity index (χ1v) is 9.66. The van der Waals surface area contributed by atoms with E-state index in [9.17, 15) is 0 Å². The van der Waals surface area contributed by atoms with E-state index in [0.717, 1.165) is 31.7 Å². The molecular formula is C24H26N2O. The molecule has 0 aliphatic carbocycles. The van der Waals surface area contributed by atoms with E-state index in [2.05, 4.69) is 72.0 Å². The zero-order valence-corrected chi connectivity index (χ0v) is 15.5. The summed E-state index contributed by atoms with van der Waals surface area (Å²) in [5.74, 6) is 1.54. The minimum Gasteiger partial charge on any atom is -0.489 e. The number of benzene rings is 3. The van der Waals surface area contributed by atoms with Gasteiger partial charge in [-0.2, -0.15) is 0 Å². The number of hydrogen-bond acceptors (Lipinski definition) is 3. The average molecular weight is 358 g/mol. The van der Waals surface area contributed by atoms with Gasteiger partial charge in [0.2, 0.25) is 0 Å². The lowest BCUT2D eigenvalue weighted by atomic mass is 9.91. The Morgan fingerprint density at radius 2 is 1.70 bits per heavy atom. The maximum absolute atomic E-state index is 6.02. The SMILES string of the molecule is NCCC1CNc2cc(OCc3ccc(-c4ccccc4)cc3)ccc2C1. The van der Waals surface area contributed by atoms with Gasteiger partial charge in [-0.3, -0.25) is 0 Å². The quantitative estimate of drug-likeness (QED) is 0.661. The van der Waals surface area contributed by atoms with Gasteiger partial charge in [0.1, 0.15) is 12.4 Å². The van der Waals surface area contributed by atoms with Crippen molar-refractivity contribution >= 4 is 5.69 Å². The standard InChI is InChI=1S/C24H26N2O/c25-13-12-19-14-22-10-11-23(15-24(22)26-16-19)27-17-18-6-8-21(9-7-18)20-4-2-1-3-5-20/h1-11,15,19,26H,12-14,16-17,25H2. The van der Waals surface area contributed by atoms with Crippen molar-refractivity contribution in [1.82, 2.24) is 0 Å². The third-order valence-corrected chi connectivity index (χ3v) is 5.21. The van der Waals surface area contributed by atoms with Crippen LogP contribution in [0.4, 0.5) is 5.69 Å². The number of hydrogen-bond donors (Lipinski definition) is 2. The van der Waals surface area contributed by atoms with Crippen LogP contribution in [-0.2, 0) is 13.0 Å². The van der Waals surface area contributed by atoms with Crippen LogP contribution < -0.4 is 15.8 Å². The van der Waals surface area contributed by atoms with Gasteiger partial charge < -0.3 is 15.8 Å². The van der Waals surface area contributed by atoms with Crippen molar-refractivity contribution in [3.05, 3.63) is 83.9 Å². The molecular weight excluding hydrogens is 332 g/mol. The van der Waals surface area contributed by atoms with Gasteiger partial charge in [-0.15, -0.1) is 0 Å². The van der Waals surface area contributed by atoms with Crippen LogP contribution in [0.1, 0.15) is 17.5 Å². The Morgan fingerprint density at radius 3 is 2.48 bits per heavy atom. The summed E-state index contributed by atoms with van der Waals surface area (Å²) in [6.07, 6.45) is 2.17. The van der Waals surface area contributed by atoms with Crippen molar-refractivity contribution in [3.63, 3.8) is 0 Å². The largest absolute Gasteiger partial charge is 0.489 e. The summed E-state index contributed by atoms with van der Waals surface area (Å²) in [5, 5.41) is 3.53. The fourth-order valence-corrected chi connectivity index (χ4v) is 3.66. The lowest BCUT2D eigenvalue weighted by molar-refractivity contribution is 0.306. The van der Waals surface area contributed by atoms with Crippen LogP contribution in [-0.4, -0.2) is 13.1 Å². The molecule has 1 aliphatic rings. The summed E-state index contributed by atoms with van der Waals surface area (Å²) in [7, 11) is 0. The molecule has 3 N–H and O–H groups in total. The molecule has 0 aromatic heterocycles. The van der Waals surface area contributed by atoms with E-state index in [4.69, 9.17) is 10.5 Å². The summed E-state index contributed by atoms with van der Waals surface area (Å²) < 4.78 is 6.02. The highest BCUT2D eigenvalue weighted by molar-refractivity contribution is 5.63. The van der Waals surface area contributed by atoms with Crippen molar-refractivity contribution in [3.8, 4) is 16.9 Å². The molecule has 138 valence electrons. The molecule has 1 atom stereocenters. The van der Waals surface area contributed by atoms with E-state index in [0.29, 0.717) is 12.5 Å². The lowest BCUT2D eigenvalue weighted by Gasteiger charge is -2.26. The molecule has 27 heavy (non-hydrogen) atoms. The van der Waals surface area contributed by atoms with Crippen LogP contribution in [0.2, 0.25) is 0 Å². The van der Waals surface area contributed by atoms with Gasteiger partial charge in [-0.25, -0.2) is 0 Å². The Hall–Kier alpha value is -2.78. The second kappa shape index (κ2) is 8.28. The van der Waals surface area contributed by atoms with Crippen molar-refractivity contribution in [2.75, 3.05) is 18.4 Å². The monoisotopic (exact) mass is 358 g/mol. The average Bonchev–Trinajstić information content (AvgIpc) is 2.73. The van der Waals surface area contributed by atoms with Crippen LogP contribution in [0.5, 0.6) is 5.75 Å². The van der Waals surface area contributed by atoms with Crippen LogP contribution in [0.3, 0.4) is 0 Å². The van der Waals surface area contributed by atoms with Crippen LogP contribution in [0.25, 0.3) is 11.1 Å². The Kier molecular flexibility index (Phi) is 5.40. The third kappa shape index (κ3) is 4.32. The molecule has 3 aromatic rings. The first kappa shape index (κ1) is 17.6. The molecule has 1 unspecified atom stereocenters. The predicted octanol–water partition coefficient (Wildman–Crippen LogP) is 4.87. The van der Waals surface area contributed by atoms with Gasteiger partial charge in [0.15, 0.2) is 0 Å². The molecule has 3 aromatic carbocycles. The molecule has 4 rings (SSSR count). The van der Waals surface area contributed by atoms with Crippen molar-refractivity contribution in [1.29, 1.82) is 0 Å². The Bertz CT molecular complexity index is 875. The van der Waals surface area contributed by atoms with Gasteiger partial charge in [-0.05, 0) is 53.6 Å². The lowest BCUT2D eigenvalue weighted by Crippen LogP contribution is -2.25. The molecule has 0 saturated carbocycles. The summed E-state index contributed by atoms with van der Waals surface area (Å²) in [4.78, 5) is 0. The summed E-state index contributed by atoms with van der Waals surface area (Å²) in [6.45, 7) is 2.32. The molecule has 0 bridgehead atoms. The van der Waals surface area contributed by atoms with Crippen molar-refractivity contribution in [2.45, 2.75) is 19.4 Å². The van der Waals surface area contributed by atoms with E-state index in [-0.39, 0.29) is 0 Å². The van der Waals surface area contributed by atoms with E-state index in [1.54, 1.807) is 0 Å². The summed E-state index contributed by atoms with van der Waals surface area (Å²) in [6, 6.07) is 25.4. The van der Waals surface area contributed by atoms with Crippen LogP contribution in [0, 0.1) is 5.92 Å². The summed E-state index contributed by atoms with van der Waals surface area (Å²) >= 11 is 0. The predicted molar refractivity (Wildman–Crippen MR) is 112 cm³/mol. The fraction of sp³-hybridized carbons (Fsp3) is 0.250. The highest BCUT2D eigenvalue weighted by Gasteiger charge is 2.17. The molecule has 1 heterocycles. The van der Waals surface area contributed by atoms with E-state index < -0.39 is 0 Å². The minimum absolute atomic E-state index is 0.573. The first-order valence-electron chi connectivity index (χ1n) is 9.66. The van der Waals surface area contributed by atoms with Gasteiger partial charge >= 0.3 is 0 Å². The maximum Gasteiger partial charge on any atom is 0.121 e. The van der Waals surface area contributed by atoms with Gasteiger partial charge in [0, 0.05) is 18.3 Å². The number of fused-ring (bicyclic) bond motifs is 1. The van der Waals surface area contributed by atoms with Gasteiger partial charge in [-0.1, -0.05) is 60.7 Å². The minimum atomic E-state index is 0.573. The molecule has 0 fully saturated rings. The van der Waals surface area contributed by atoms with Crippen molar-refractivity contribution in [2.24, 2.45) is 11.7 Å². The number of nitrogens with one attached hydrogen (secondary N) is 1. The Balaban J connectivity index is 1.38. The summed E-state index contributed by atoms with van der Waals surface area (Å²) in [5.41, 5.74) is 11.9. The highest BCUT2D eigenvalue weighted by Crippen LogP contribution is 2.30. The Morgan fingerprint density at radius 1 is 0.926 bits per heavy atom. The molecule has 3 nitrogen and oxygen atoms in total. The van der Waals surface area contributed by atoms with E-state index in [1.165, 1.54) is 27.9 Å². The molecule has 0 amide bonds. The molecule has 0 radical (unpaired) electrons. The second-order valence-electron chi connectivity index (χ2n) is 7.20. The van der Waals surface area contributed by atoms with Crippen molar-refractivity contribution < 1.29 is 4.74 Å². The smallest absolute Gasteiger partial charge is 0.121 e.